The second-order valence-corrected chi connectivity index (χ2v) is 5.79. The summed E-state index contributed by atoms with van der Waals surface area (Å²) in [4.78, 5) is 24.3. The van der Waals surface area contributed by atoms with Crippen molar-refractivity contribution in [1.29, 1.82) is 0 Å². The lowest BCUT2D eigenvalue weighted by molar-refractivity contribution is -0.140. The van der Waals surface area contributed by atoms with Crippen LogP contribution in [0.5, 0.6) is 0 Å². The van der Waals surface area contributed by atoms with E-state index in [2.05, 4.69) is 0 Å². The molecule has 0 spiro atoms. The number of carboxylic acids is 1. The van der Waals surface area contributed by atoms with Gasteiger partial charge < -0.3 is 5.11 Å². The van der Waals surface area contributed by atoms with Gasteiger partial charge in [0.05, 0.1) is 5.69 Å². The van der Waals surface area contributed by atoms with Crippen LogP contribution in [-0.2, 0) is 9.59 Å². The first-order chi connectivity index (χ1) is 8.04. The molecule has 0 radical (unpaired) electrons. The SMILES string of the molecule is O=C1CC[C@@]2(C(=O)O)Sc3ccc(Cl)cc3N12. The van der Waals surface area contributed by atoms with Gasteiger partial charge in [0.15, 0.2) is 4.87 Å². The van der Waals surface area contributed by atoms with Crippen molar-refractivity contribution in [1.82, 2.24) is 0 Å². The Kier molecular flexibility index (Phi) is 2.18. The Labute approximate surface area is 107 Å². The number of fused-ring (bicyclic) bond motifs is 3. The number of anilines is 1. The third-order valence-electron chi connectivity index (χ3n) is 3.06. The van der Waals surface area contributed by atoms with Crippen LogP contribution < -0.4 is 4.90 Å². The van der Waals surface area contributed by atoms with E-state index in [4.69, 9.17) is 11.6 Å². The number of thioether (sulfide) groups is 1. The minimum Gasteiger partial charge on any atom is -0.479 e. The van der Waals surface area contributed by atoms with E-state index in [1.165, 1.54) is 16.7 Å². The molecule has 2 aliphatic heterocycles. The van der Waals surface area contributed by atoms with E-state index >= 15 is 0 Å². The summed E-state index contributed by atoms with van der Waals surface area (Å²) in [6.45, 7) is 0. The average Bonchev–Trinajstić information content (AvgIpc) is 2.76. The molecule has 4 nitrogen and oxygen atoms in total. The fourth-order valence-electron chi connectivity index (χ4n) is 2.31. The van der Waals surface area contributed by atoms with Crippen molar-refractivity contribution in [3.8, 4) is 0 Å². The van der Waals surface area contributed by atoms with Crippen molar-refractivity contribution < 1.29 is 14.7 Å². The number of amides is 1. The van der Waals surface area contributed by atoms with Gasteiger partial charge in [-0.3, -0.25) is 9.69 Å². The minimum absolute atomic E-state index is 0.152. The van der Waals surface area contributed by atoms with Gasteiger partial charge in [0.25, 0.3) is 0 Å². The standard InChI is InChI=1S/C11H8ClNO3S/c12-6-1-2-8-7(5-6)13-9(14)3-4-11(13,17-8)10(15)16/h1-2,5H,3-4H2,(H,15,16)/t11-/m0/s1. The number of aliphatic carboxylic acids is 1. The summed E-state index contributed by atoms with van der Waals surface area (Å²) in [5.41, 5.74) is 0.618. The summed E-state index contributed by atoms with van der Waals surface area (Å²) in [6, 6.07) is 5.12. The highest BCUT2D eigenvalue weighted by molar-refractivity contribution is 8.02. The highest BCUT2D eigenvalue weighted by atomic mass is 35.5. The van der Waals surface area contributed by atoms with E-state index in [1.807, 2.05) is 0 Å². The first-order valence-corrected chi connectivity index (χ1v) is 6.29. The normalized spacial score (nSPS) is 25.9. The molecule has 6 heteroatoms. The second-order valence-electron chi connectivity index (χ2n) is 4.03. The maximum Gasteiger partial charge on any atom is 0.341 e. The van der Waals surface area contributed by atoms with E-state index in [0.29, 0.717) is 17.1 Å². The van der Waals surface area contributed by atoms with Gasteiger partial charge >= 0.3 is 5.97 Å². The van der Waals surface area contributed by atoms with Crippen LogP contribution in [0.4, 0.5) is 5.69 Å². The molecule has 2 aliphatic rings. The maximum absolute atomic E-state index is 11.8. The largest absolute Gasteiger partial charge is 0.479 e. The number of nitrogens with zero attached hydrogens (tertiary/aromatic N) is 1. The van der Waals surface area contributed by atoms with Gasteiger partial charge in [-0.05, 0) is 18.2 Å². The summed E-state index contributed by atoms with van der Waals surface area (Å²) in [7, 11) is 0. The summed E-state index contributed by atoms with van der Waals surface area (Å²) >= 11 is 7.11. The van der Waals surface area contributed by atoms with Crippen LogP contribution in [0, 0.1) is 0 Å². The Balaban J connectivity index is 2.20. The minimum atomic E-state index is -1.16. The molecule has 0 bridgehead atoms. The van der Waals surface area contributed by atoms with Crippen LogP contribution in [0.2, 0.25) is 5.02 Å². The number of benzene rings is 1. The lowest BCUT2D eigenvalue weighted by Crippen LogP contribution is -2.46. The zero-order chi connectivity index (χ0) is 12.2. The Morgan fingerprint density at radius 3 is 3.00 bits per heavy atom. The third kappa shape index (κ3) is 1.32. The van der Waals surface area contributed by atoms with Crippen molar-refractivity contribution in [2.24, 2.45) is 0 Å². The number of rotatable bonds is 1. The number of halogens is 1. The number of hydrogen-bond acceptors (Lipinski definition) is 3. The summed E-state index contributed by atoms with van der Waals surface area (Å²) < 4.78 is 0. The Hall–Kier alpha value is -1.20. The lowest BCUT2D eigenvalue weighted by Gasteiger charge is -2.26. The molecular weight excluding hydrogens is 262 g/mol. The molecule has 17 heavy (non-hydrogen) atoms. The molecule has 1 N–H and O–H groups in total. The van der Waals surface area contributed by atoms with E-state index < -0.39 is 10.8 Å². The predicted octanol–water partition coefficient (Wildman–Crippen LogP) is 2.35. The molecule has 1 amide bonds. The molecule has 0 aliphatic carbocycles. The Bertz CT molecular complexity index is 548. The van der Waals surface area contributed by atoms with Gasteiger partial charge in [0.2, 0.25) is 5.91 Å². The number of hydrogen-bond donors (Lipinski definition) is 1. The molecule has 2 heterocycles. The second kappa shape index (κ2) is 3.40. The zero-order valence-electron chi connectivity index (χ0n) is 8.64. The Morgan fingerprint density at radius 2 is 2.29 bits per heavy atom. The van der Waals surface area contributed by atoms with Crippen LogP contribution in [0.25, 0.3) is 0 Å². The van der Waals surface area contributed by atoms with E-state index in [1.54, 1.807) is 18.2 Å². The van der Waals surface area contributed by atoms with Crippen LogP contribution in [0.3, 0.4) is 0 Å². The third-order valence-corrected chi connectivity index (χ3v) is 4.76. The van der Waals surface area contributed by atoms with Gasteiger partial charge in [-0.25, -0.2) is 4.79 Å². The first-order valence-electron chi connectivity index (χ1n) is 5.10. The van der Waals surface area contributed by atoms with E-state index in [-0.39, 0.29) is 12.3 Å². The highest BCUT2D eigenvalue weighted by Gasteiger charge is 2.57. The maximum atomic E-state index is 11.8. The number of carboxylic acid groups (broad SMARTS) is 1. The molecule has 88 valence electrons. The molecule has 1 aromatic carbocycles. The summed E-state index contributed by atoms with van der Waals surface area (Å²) in [5.74, 6) is -1.12. The summed E-state index contributed by atoms with van der Waals surface area (Å²) in [5, 5.41) is 9.89. The topological polar surface area (TPSA) is 57.6 Å². The molecule has 0 unspecified atom stereocenters. The average molecular weight is 270 g/mol. The van der Waals surface area contributed by atoms with Crippen LogP contribution >= 0.6 is 23.4 Å². The Morgan fingerprint density at radius 1 is 1.53 bits per heavy atom. The van der Waals surface area contributed by atoms with Crippen molar-refractivity contribution in [3.05, 3.63) is 23.2 Å². The van der Waals surface area contributed by atoms with Crippen molar-refractivity contribution in [2.45, 2.75) is 22.6 Å². The van der Waals surface area contributed by atoms with Crippen molar-refractivity contribution >= 4 is 40.9 Å². The summed E-state index contributed by atoms with van der Waals surface area (Å²) in [6.07, 6.45) is 0.601. The van der Waals surface area contributed by atoms with Gasteiger partial charge in [0.1, 0.15) is 0 Å². The predicted molar refractivity (Wildman–Crippen MR) is 64.4 cm³/mol. The smallest absolute Gasteiger partial charge is 0.341 e. The fourth-order valence-corrected chi connectivity index (χ4v) is 3.81. The molecule has 1 aromatic rings. The van der Waals surface area contributed by atoms with Gasteiger partial charge in [-0.1, -0.05) is 23.4 Å². The number of carbonyl (C=O) groups excluding carboxylic acids is 1. The molecule has 0 aromatic heterocycles. The zero-order valence-corrected chi connectivity index (χ0v) is 10.2. The molecular formula is C11H8ClNO3S. The van der Waals surface area contributed by atoms with Gasteiger partial charge in [-0.2, -0.15) is 0 Å². The van der Waals surface area contributed by atoms with Crippen LogP contribution in [0.15, 0.2) is 23.1 Å². The molecule has 0 saturated carbocycles. The number of carbonyl (C=O) groups is 2. The molecule has 1 atom stereocenters. The molecule has 3 rings (SSSR count). The fraction of sp³-hybridized carbons (Fsp3) is 0.273. The van der Waals surface area contributed by atoms with Crippen LogP contribution in [-0.4, -0.2) is 21.9 Å². The lowest BCUT2D eigenvalue weighted by atomic mass is 10.2. The van der Waals surface area contributed by atoms with Gasteiger partial charge in [0, 0.05) is 22.8 Å². The van der Waals surface area contributed by atoms with Crippen molar-refractivity contribution in [2.75, 3.05) is 4.90 Å². The van der Waals surface area contributed by atoms with Crippen LogP contribution in [0.1, 0.15) is 12.8 Å². The van der Waals surface area contributed by atoms with Gasteiger partial charge in [-0.15, -0.1) is 0 Å². The van der Waals surface area contributed by atoms with E-state index in [0.717, 1.165) is 4.90 Å². The van der Waals surface area contributed by atoms with Crippen molar-refractivity contribution in [3.63, 3.8) is 0 Å². The first kappa shape index (κ1) is 10.9. The quantitative estimate of drug-likeness (QED) is 0.850. The monoisotopic (exact) mass is 269 g/mol. The highest BCUT2D eigenvalue weighted by Crippen LogP contribution is 2.56. The van der Waals surface area contributed by atoms with E-state index in [9.17, 15) is 14.7 Å². The molecule has 1 saturated heterocycles. The molecule has 1 fully saturated rings.